The van der Waals surface area contributed by atoms with Gasteiger partial charge in [0.15, 0.2) is 5.78 Å². The Morgan fingerprint density at radius 2 is 1.69 bits per heavy atom. The number of nitrogens with zero attached hydrogens (tertiary/aromatic N) is 3. The van der Waals surface area contributed by atoms with Gasteiger partial charge in [0.2, 0.25) is 0 Å². The fourth-order valence-corrected chi connectivity index (χ4v) is 4.68. The number of imidazole rings is 1. The first-order chi connectivity index (χ1) is 17.1. The van der Waals surface area contributed by atoms with Gasteiger partial charge in [0, 0.05) is 12.0 Å². The molecule has 170 valence electrons. The first-order valence-electron chi connectivity index (χ1n) is 11.5. The number of fused-ring (bicyclic) bond motifs is 1. The SMILES string of the molecule is Cc1nc2ccc(-n3ncc(C(=O)C4=CC(c5ccccc5)=C(c5ccccc5)C4)c3N)cc2[nH]1. The van der Waals surface area contributed by atoms with Crippen LogP contribution in [0.25, 0.3) is 27.9 Å². The zero-order chi connectivity index (χ0) is 23.9. The number of anilines is 1. The minimum absolute atomic E-state index is 0.105. The number of allylic oxidation sites excluding steroid dienone is 4. The fourth-order valence-electron chi connectivity index (χ4n) is 4.68. The van der Waals surface area contributed by atoms with Crippen LogP contribution < -0.4 is 5.73 Å². The van der Waals surface area contributed by atoms with Crippen LogP contribution in [0.15, 0.2) is 96.7 Å². The second-order valence-electron chi connectivity index (χ2n) is 8.68. The Balaban J connectivity index is 1.36. The lowest BCUT2D eigenvalue weighted by atomic mass is 9.96. The molecule has 35 heavy (non-hydrogen) atoms. The molecule has 3 N–H and O–H groups in total. The molecule has 0 saturated carbocycles. The van der Waals surface area contributed by atoms with Crippen LogP contribution in [0.4, 0.5) is 5.82 Å². The molecule has 0 spiro atoms. The number of aromatic nitrogens is 4. The number of rotatable bonds is 5. The van der Waals surface area contributed by atoms with Crippen LogP contribution in [-0.2, 0) is 0 Å². The highest BCUT2D eigenvalue weighted by atomic mass is 16.1. The minimum Gasteiger partial charge on any atom is -0.383 e. The van der Waals surface area contributed by atoms with Gasteiger partial charge in [0.1, 0.15) is 11.6 Å². The molecule has 0 amide bonds. The smallest absolute Gasteiger partial charge is 0.194 e. The van der Waals surface area contributed by atoms with E-state index < -0.39 is 0 Å². The molecule has 5 aromatic rings. The number of ketones is 1. The predicted molar refractivity (Wildman–Crippen MR) is 139 cm³/mol. The number of H-pyrrole nitrogens is 1. The van der Waals surface area contributed by atoms with Crippen molar-refractivity contribution in [2.75, 3.05) is 5.73 Å². The van der Waals surface area contributed by atoms with Crippen molar-refractivity contribution in [2.24, 2.45) is 0 Å². The summed E-state index contributed by atoms with van der Waals surface area (Å²) in [7, 11) is 0. The zero-order valence-electron chi connectivity index (χ0n) is 19.2. The number of aromatic amines is 1. The molecule has 1 aliphatic rings. The summed E-state index contributed by atoms with van der Waals surface area (Å²) in [4.78, 5) is 21.3. The minimum atomic E-state index is -0.105. The number of nitrogens with one attached hydrogen (secondary N) is 1. The number of nitrogens with two attached hydrogens (primary N) is 1. The van der Waals surface area contributed by atoms with Crippen LogP contribution in [-0.4, -0.2) is 25.5 Å². The molecular formula is C29H23N5O. The molecule has 0 atom stereocenters. The summed E-state index contributed by atoms with van der Waals surface area (Å²) >= 11 is 0. The van der Waals surface area contributed by atoms with Gasteiger partial charge in [-0.15, -0.1) is 0 Å². The fraction of sp³-hybridized carbons (Fsp3) is 0.0690. The standard InChI is InChI=1S/C29H23N5O/c1-18-32-26-13-12-22(16-27(26)33-18)34-29(30)25(17-31-34)28(35)21-14-23(19-8-4-2-5-9-19)24(15-21)20-10-6-3-7-11-20/h2-14,16-17H,15,30H2,1H3,(H,32,33). The molecule has 0 unspecified atom stereocenters. The second-order valence-corrected chi connectivity index (χ2v) is 8.68. The lowest BCUT2D eigenvalue weighted by molar-refractivity contribution is 0.103. The van der Waals surface area contributed by atoms with E-state index in [-0.39, 0.29) is 5.78 Å². The van der Waals surface area contributed by atoms with E-state index in [1.54, 1.807) is 10.9 Å². The molecule has 2 heterocycles. The van der Waals surface area contributed by atoms with Crippen molar-refractivity contribution < 1.29 is 4.79 Å². The van der Waals surface area contributed by atoms with Crippen LogP contribution in [0.3, 0.4) is 0 Å². The average molecular weight is 458 g/mol. The van der Waals surface area contributed by atoms with Gasteiger partial charge in [-0.3, -0.25) is 4.79 Å². The van der Waals surface area contributed by atoms with Gasteiger partial charge in [-0.05, 0) is 53.5 Å². The van der Waals surface area contributed by atoms with Gasteiger partial charge in [-0.2, -0.15) is 5.10 Å². The molecule has 0 bridgehead atoms. The third-order valence-corrected chi connectivity index (χ3v) is 6.39. The maximum Gasteiger partial charge on any atom is 0.194 e. The first kappa shape index (κ1) is 20.9. The average Bonchev–Trinajstić information content (AvgIpc) is 3.60. The van der Waals surface area contributed by atoms with Crippen molar-refractivity contribution in [1.82, 2.24) is 19.7 Å². The number of benzene rings is 3. The number of carbonyl (C=O) groups is 1. The van der Waals surface area contributed by atoms with Crippen LogP contribution in [0.2, 0.25) is 0 Å². The molecule has 0 saturated heterocycles. The summed E-state index contributed by atoms with van der Waals surface area (Å²) in [5, 5.41) is 4.44. The maximum absolute atomic E-state index is 13.6. The van der Waals surface area contributed by atoms with Gasteiger partial charge in [-0.25, -0.2) is 9.67 Å². The summed E-state index contributed by atoms with van der Waals surface area (Å²) in [6.07, 6.45) is 4.09. The molecule has 0 fully saturated rings. The number of hydrogen-bond acceptors (Lipinski definition) is 4. The molecule has 6 nitrogen and oxygen atoms in total. The molecule has 3 aromatic carbocycles. The summed E-state index contributed by atoms with van der Waals surface area (Å²) in [6.45, 7) is 1.91. The lowest BCUT2D eigenvalue weighted by Crippen LogP contribution is -2.08. The number of hydrogen-bond donors (Lipinski definition) is 2. The number of nitrogen functional groups attached to an aromatic ring is 1. The Hall–Kier alpha value is -4.71. The van der Waals surface area contributed by atoms with E-state index in [1.165, 1.54) is 0 Å². The van der Waals surface area contributed by atoms with E-state index in [0.717, 1.165) is 44.8 Å². The van der Waals surface area contributed by atoms with Crippen molar-refractivity contribution in [3.8, 4) is 5.69 Å². The molecule has 0 radical (unpaired) electrons. The van der Waals surface area contributed by atoms with Gasteiger partial charge in [-0.1, -0.05) is 60.7 Å². The largest absolute Gasteiger partial charge is 0.383 e. The lowest BCUT2D eigenvalue weighted by Gasteiger charge is -2.08. The van der Waals surface area contributed by atoms with E-state index in [2.05, 4.69) is 39.3 Å². The number of Topliss-reactive ketones (excluding diaryl/α,β-unsaturated/α-hetero) is 1. The monoisotopic (exact) mass is 457 g/mol. The molecular weight excluding hydrogens is 434 g/mol. The van der Waals surface area contributed by atoms with Crippen molar-refractivity contribution in [3.63, 3.8) is 0 Å². The highest BCUT2D eigenvalue weighted by molar-refractivity contribution is 6.17. The predicted octanol–water partition coefficient (Wildman–Crippen LogP) is 5.76. The summed E-state index contributed by atoms with van der Waals surface area (Å²) in [5.74, 6) is 1.05. The van der Waals surface area contributed by atoms with Gasteiger partial charge >= 0.3 is 0 Å². The molecule has 6 rings (SSSR count). The van der Waals surface area contributed by atoms with E-state index in [1.807, 2.05) is 67.6 Å². The first-order valence-corrected chi connectivity index (χ1v) is 11.5. The van der Waals surface area contributed by atoms with Crippen LogP contribution in [0.5, 0.6) is 0 Å². The Morgan fingerprint density at radius 3 is 2.43 bits per heavy atom. The third kappa shape index (κ3) is 3.65. The highest BCUT2D eigenvalue weighted by Crippen LogP contribution is 2.40. The van der Waals surface area contributed by atoms with Crippen LogP contribution in [0.1, 0.15) is 33.7 Å². The van der Waals surface area contributed by atoms with Gasteiger partial charge in [0.25, 0.3) is 0 Å². The molecule has 1 aliphatic carbocycles. The van der Waals surface area contributed by atoms with Gasteiger partial charge < -0.3 is 10.7 Å². The van der Waals surface area contributed by atoms with E-state index >= 15 is 0 Å². The van der Waals surface area contributed by atoms with Crippen molar-refractivity contribution >= 4 is 33.8 Å². The molecule has 0 aliphatic heterocycles. The summed E-state index contributed by atoms with van der Waals surface area (Å²) < 4.78 is 1.60. The summed E-state index contributed by atoms with van der Waals surface area (Å²) in [6, 6.07) is 26.1. The number of aryl methyl sites for hydroxylation is 1. The molecule has 2 aromatic heterocycles. The summed E-state index contributed by atoms with van der Waals surface area (Å²) in [5.41, 5.74) is 14.5. The van der Waals surface area contributed by atoms with Crippen molar-refractivity contribution in [1.29, 1.82) is 0 Å². The van der Waals surface area contributed by atoms with Crippen molar-refractivity contribution in [3.05, 3.63) is 119 Å². The second kappa shape index (κ2) is 8.25. The van der Waals surface area contributed by atoms with Gasteiger partial charge in [0.05, 0.1) is 28.5 Å². The molecule has 6 heteroatoms. The Labute approximate surface area is 202 Å². The maximum atomic E-state index is 13.6. The normalized spacial score (nSPS) is 13.5. The Kier molecular flexibility index (Phi) is 4.92. The Morgan fingerprint density at radius 1 is 0.971 bits per heavy atom. The van der Waals surface area contributed by atoms with Crippen LogP contribution >= 0.6 is 0 Å². The quantitative estimate of drug-likeness (QED) is 0.328. The van der Waals surface area contributed by atoms with Crippen molar-refractivity contribution in [2.45, 2.75) is 13.3 Å². The Bertz CT molecular complexity index is 1640. The highest BCUT2D eigenvalue weighted by Gasteiger charge is 2.26. The van der Waals surface area contributed by atoms with E-state index in [9.17, 15) is 4.79 Å². The van der Waals surface area contributed by atoms with E-state index in [0.29, 0.717) is 23.4 Å². The van der Waals surface area contributed by atoms with E-state index in [4.69, 9.17) is 5.73 Å². The zero-order valence-corrected chi connectivity index (χ0v) is 19.2. The van der Waals surface area contributed by atoms with Crippen LogP contribution in [0, 0.1) is 6.92 Å². The number of carbonyl (C=O) groups excluding carboxylic acids is 1. The third-order valence-electron chi connectivity index (χ3n) is 6.39. The topological polar surface area (TPSA) is 89.6 Å².